The van der Waals surface area contributed by atoms with E-state index in [4.69, 9.17) is 23.2 Å². The molecule has 19 heavy (non-hydrogen) atoms. The van der Waals surface area contributed by atoms with Crippen LogP contribution in [0.1, 0.15) is 17.2 Å². The average Bonchev–Trinajstić information content (AvgIpc) is 2.36. The molecule has 0 saturated carbocycles. The fourth-order valence-electron chi connectivity index (χ4n) is 1.78. The largest absolute Gasteiger partial charge is 0.383 e. The Balaban J connectivity index is 2.52. The highest BCUT2D eigenvalue weighted by molar-refractivity contribution is 9.10. The van der Waals surface area contributed by atoms with Crippen LogP contribution in [-0.4, -0.2) is 4.98 Å². The van der Waals surface area contributed by atoms with E-state index in [0.717, 1.165) is 0 Å². The smallest absolute Gasteiger partial charge is 0.129 e. The summed E-state index contributed by atoms with van der Waals surface area (Å²) in [6, 6.07) is 5.67. The van der Waals surface area contributed by atoms with Gasteiger partial charge in [0.05, 0.1) is 11.1 Å². The predicted molar refractivity (Wildman–Crippen MR) is 76.9 cm³/mol. The Morgan fingerprint density at radius 1 is 1.32 bits per heavy atom. The number of hydrogen-bond donors (Lipinski definition) is 3. The molecule has 0 radical (unpaired) electrons. The lowest BCUT2D eigenvalue weighted by Crippen LogP contribution is -2.30. The molecule has 0 saturated heterocycles. The number of rotatable bonds is 3. The van der Waals surface area contributed by atoms with Crippen LogP contribution >= 0.6 is 27.5 Å². The minimum absolute atomic E-state index is 0.245. The second-order valence-electron chi connectivity index (χ2n) is 3.89. The van der Waals surface area contributed by atoms with Gasteiger partial charge in [0.15, 0.2) is 0 Å². The third-order valence-electron chi connectivity index (χ3n) is 2.67. The van der Waals surface area contributed by atoms with Crippen molar-refractivity contribution >= 4 is 33.3 Å². The summed E-state index contributed by atoms with van der Waals surface area (Å²) in [6.45, 7) is 0. The minimum Gasteiger partial charge on any atom is -0.383 e. The van der Waals surface area contributed by atoms with Crippen LogP contribution in [0.25, 0.3) is 0 Å². The summed E-state index contributed by atoms with van der Waals surface area (Å²) in [7, 11) is 0. The van der Waals surface area contributed by atoms with Crippen LogP contribution in [-0.2, 0) is 0 Å². The van der Waals surface area contributed by atoms with E-state index in [1.807, 2.05) is 0 Å². The standard InChI is InChI=1S/C12H11BrClFN4/c13-6-1-2-8(10(15)3-6)11(19-17)9-4-7(14)5-18-12(9)16/h1-5,11,19H,17H2,(H2,16,18). The highest BCUT2D eigenvalue weighted by Crippen LogP contribution is 2.29. The number of nitrogens with one attached hydrogen (secondary N) is 1. The van der Waals surface area contributed by atoms with Gasteiger partial charge in [-0.3, -0.25) is 5.84 Å². The fourth-order valence-corrected chi connectivity index (χ4v) is 2.28. The molecule has 0 aliphatic heterocycles. The Bertz CT molecular complexity index is 608. The van der Waals surface area contributed by atoms with Gasteiger partial charge in [0.1, 0.15) is 11.6 Å². The van der Waals surface area contributed by atoms with Gasteiger partial charge in [-0.05, 0) is 18.2 Å². The van der Waals surface area contributed by atoms with Gasteiger partial charge in [0.2, 0.25) is 0 Å². The van der Waals surface area contributed by atoms with Gasteiger partial charge in [-0.15, -0.1) is 0 Å². The molecule has 2 rings (SSSR count). The van der Waals surface area contributed by atoms with Gasteiger partial charge in [0.25, 0.3) is 0 Å². The lowest BCUT2D eigenvalue weighted by molar-refractivity contribution is 0.559. The summed E-state index contributed by atoms with van der Waals surface area (Å²) in [6.07, 6.45) is 1.42. The molecule has 0 aliphatic rings. The van der Waals surface area contributed by atoms with Crippen molar-refractivity contribution in [1.82, 2.24) is 10.4 Å². The molecule has 0 fully saturated rings. The Morgan fingerprint density at radius 2 is 2.05 bits per heavy atom. The average molecular weight is 346 g/mol. The Kier molecular flexibility index (Phi) is 4.36. The van der Waals surface area contributed by atoms with E-state index in [1.165, 1.54) is 12.3 Å². The molecule has 1 atom stereocenters. The number of halogens is 3. The van der Waals surface area contributed by atoms with Gasteiger partial charge in [-0.1, -0.05) is 33.6 Å². The van der Waals surface area contributed by atoms with Crippen molar-refractivity contribution in [2.24, 2.45) is 5.84 Å². The van der Waals surface area contributed by atoms with E-state index in [-0.39, 0.29) is 5.82 Å². The first-order valence-corrected chi connectivity index (χ1v) is 6.52. The molecule has 1 unspecified atom stereocenters. The lowest BCUT2D eigenvalue weighted by Gasteiger charge is -2.19. The molecule has 7 heteroatoms. The van der Waals surface area contributed by atoms with E-state index in [2.05, 4.69) is 26.3 Å². The van der Waals surface area contributed by atoms with Crippen molar-refractivity contribution in [2.75, 3.05) is 5.73 Å². The highest BCUT2D eigenvalue weighted by atomic mass is 79.9. The zero-order valence-corrected chi connectivity index (χ0v) is 12.0. The number of nitrogens with zero attached hydrogens (tertiary/aromatic N) is 1. The molecule has 5 N–H and O–H groups in total. The van der Waals surface area contributed by atoms with Crippen LogP contribution in [0.3, 0.4) is 0 Å². The number of hydrazine groups is 1. The van der Waals surface area contributed by atoms with Gasteiger partial charge in [-0.25, -0.2) is 14.8 Å². The summed E-state index contributed by atoms with van der Waals surface area (Å²) in [5.41, 5.74) is 9.20. The van der Waals surface area contributed by atoms with E-state index in [1.54, 1.807) is 18.2 Å². The Labute approximate surface area is 123 Å². The zero-order chi connectivity index (χ0) is 14.0. The molecule has 0 bridgehead atoms. The second kappa shape index (κ2) is 5.83. The molecule has 0 spiro atoms. The van der Waals surface area contributed by atoms with Crippen molar-refractivity contribution in [3.63, 3.8) is 0 Å². The van der Waals surface area contributed by atoms with Gasteiger partial charge in [-0.2, -0.15) is 0 Å². The molecular formula is C12H11BrClFN4. The first-order chi connectivity index (χ1) is 9.02. The molecule has 0 amide bonds. The van der Waals surface area contributed by atoms with Gasteiger partial charge in [0, 0.05) is 21.8 Å². The number of benzene rings is 1. The zero-order valence-electron chi connectivity index (χ0n) is 9.70. The summed E-state index contributed by atoms with van der Waals surface area (Å²) >= 11 is 9.08. The number of nitrogen functional groups attached to an aromatic ring is 1. The number of anilines is 1. The number of aromatic nitrogens is 1. The SMILES string of the molecule is NNC(c1ccc(Br)cc1F)c1cc(Cl)cnc1N. The lowest BCUT2D eigenvalue weighted by atomic mass is 9.99. The van der Waals surface area contributed by atoms with E-state index in [9.17, 15) is 4.39 Å². The van der Waals surface area contributed by atoms with Crippen LogP contribution in [0.5, 0.6) is 0 Å². The van der Waals surface area contributed by atoms with Crippen molar-refractivity contribution in [3.05, 3.63) is 56.9 Å². The molecule has 2 aromatic rings. The molecule has 1 heterocycles. The second-order valence-corrected chi connectivity index (χ2v) is 5.25. The van der Waals surface area contributed by atoms with Crippen LogP contribution in [0.4, 0.5) is 10.2 Å². The number of nitrogens with two attached hydrogens (primary N) is 2. The maximum Gasteiger partial charge on any atom is 0.129 e. The van der Waals surface area contributed by atoms with Gasteiger partial charge < -0.3 is 5.73 Å². The first kappa shape index (κ1) is 14.2. The summed E-state index contributed by atoms with van der Waals surface area (Å²) in [5, 5.41) is 0.405. The van der Waals surface area contributed by atoms with Crippen molar-refractivity contribution in [3.8, 4) is 0 Å². The topological polar surface area (TPSA) is 77.0 Å². The quantitative estimate of drug-likeness (QED) is 0.590. The summed E-state index contributed by atoms with van der Waals surface area (Å²) in [4.78, 5) is 3.94. The molecule has 0 aliphatic carbocycles. The Morgan fingerprint density at radius 3 is 2.68 bits per heavy atom. The van der Waals surface area contributed by atoms with E-state index in [0.29, 0.717) is 20.6 Å². The molecular weight excluding hydrogens is 335 g/mol. The van der Waals surface area contributed by atoms with Crippen molar-refractivity contribution in [2.45, 2.75) is 6.04 Å². The van der Waals surface area contributed by atoms with Crippen LogP contribution in [0.2, 0.25) is 5.02 Å². The molecule has 4 nitrogen and oxygen atoms in total. The summed E-state index contributed by atoms with van der Waals surface area (Å²) in [5.74, 6) is 5.35. The normalized spacial score (nSPS) is 12.4. The van der Waals surface area contributed by atoms with E-state index < -0.39 is 11.9 Å². The maximum absolute atomic E-state index is 14.0. The minimum atomic E-state index is -0.626. The predicted octanol–water partition coefficient (Wildman–Crippen LogP) is 2.77. The van der Waals surface area contributed by atoms with Gasteiger partial charge >= 0.3 is 0 Å². The van der Waals surface area contributed by atoms with E-state index >= 15 is 0 Å². The molecule has 1 aromatic heterocycles. The Hall–Kier alpha value is -1.21. The molecule has 1 aromatic carbocycles. The third kappa shape index (κ3) is 3.03. The van der Waals surface area contributed by atoms with Crippen LogP contribution in [0, 0.1) is 5.82 Å². The summed E-state index contributed by atoms with van der Waals surface area (Å²) < 4.78 is 14.6. The van der Waals surface area contributed by atoms with Crippen molar-refractivity contribution < 1.29 is 4.39 Å². The van der Waals surface area contributed by atoms with Crippen molar-refractivity contribution in [1.29, 1.82) is 0 Å². The molecule has 100 valence electrons. The highest BCUT2D eigenvalue weighted by Gasteiger charge is 2.20. The first-order valence-electron chi connectivity index (χ1n) is 5.35. The number of hydrogen-bond acceptors (Lipinski definition) is 4. The maximum atomic E-state index is 14.0. The monoisotopic (exact) mass is 344 g/mol. The van der Waals surface area contributed by atoms with Crippen LogP contribution in [0.15, 0.2) is 34.9 Å². The number of pyridine rings is 1. The fraction of sp³-hybridized carbons (Fsp3) is 0.0833. The van der Waals surface area contributed by atoms with Crippen LogP contribution < -0.4 is 17.0 Å². The third-order valence-corrected chi connectivity index (χ3v) is 3.37.